The van der Waals surface area contributed by atoms with Gasteiger partial charge in [0.25, 0.3) is 0 Å². The van der Waals surface area contributed by atoms with Crippen LogP contribution in [0.15, 0.2) is 87.8 Å². The van der Waals surface area contributed by atoms with E-state index in [2.05, 4.69) is 31.4 Å². The summed E-state index contributed by atoms with van der Waals surface area (Å²) < 4.78 is 12.5. The summed E-state index contributed by atoms with van der Waals surface area (Å²) >= 11 is 3.37. The summed E-state index contributed by atoms with van der Waals surface area (Å²) in [6, 6.07) is 24.8. The Morgan fingerprint density at radius 3 is 2.41 bits per heavy atom. The fraction of sp³-hybridized carbons (Fsp3) is 0.148. The van der Waals surface area contributed by atoms with E-state index in [0.29, 0.717) is 17.3 Å². The minimum absolute atomic E-state index is 0.0141. The second-order valence-electron chi connectivity index (χ2n) is 8.10. The zero-order chi connectivity index (χ0) is 24.0. The van der Waals surface area contributed by atoms with Gasteiger partial charge in [0, 0.05) is 16.2 Å². The molecule has 1 atom stereocenters. The largest absolute Gasteiger partial charge is 0.459 e. The Labute approximate surface area is 206 Å². The highest BCUT2D eigenvalue weighted by molar-refractivity contribution is 9.10. The predicted octanol–water partition coefficient (Wildman–Crippen LogP) is 6.50. The Balaban J connectivity index is 1.56. The predicted molar refractivity (Wildman–Crippen MR) is 136 cm³/mol. The lowest BCUT2D eigenvalue weighted by atomic mass is 10.0. The van der Waals surface area contributed by atoms with E-state index in [-0.39, 0.29) is 6.61 Å². The average molecular weight is 518 g/mol. The summed E-state index contributed by atoms with van der Waals surface area (Å²) in [5.74, 6) is 0.229. The van der Waals surface area contributed by atoms with Gasteiger partial charge < -0.3 is 14.5 Å². The Morgan fingerprint density at radius 2 is 1.71 bits per heavy atom. The number of rotatable bonds is 8. The Morgan fingerprint density at radius 1 is 1.00 bits per heavy atom. The first-order valence-corrected chi connectivity index (χ1v) is 11.6. The van der Waals surface area contributed by atoms with E-state index in [1.807, 2.05) is 74.5 Å². The molecule has 0 aliphatic heterocycles. The van der Waals surface area contributed by atoms with Crippen molar-refractivity contribution in [3.8, 4) is 0 Å². The molecule has 172 valence electrons. The van der Waals surface area contributed by atoms with E-state index in [9.17, 15) is 4.79 Å². The normalized spacial score (nSPS) is 12.9. The summed E-state index contributed by atoms with van der Waals surface area (Å²) in [4.78, 5) is 12.7. The van der Waals surface area contributed by atoms with Crippen LogP contribution in [-0.4, -0.2) is 22.8 Å². The molecule has 6 nitrogen and oxygen atoms in total. The topological polar surface area (TPSA) is 77.2 Å². The molecule has 1 unspecified atom stereocenters. The van der Waals surface area contributed by atoms with E-state index < -0.39 is 11.5 Å². The fourth-order valence-electron chi connectivity index (χ4n) is 3.24. The minimum Gasteiger partial charge on any atom is -0.459 e. The second-order valence-corrected chi connectivity index (χ2v) is 9.01. The molecule has 34 heavy (non-hydrogen) atoms. The van der Waals surface area contributed by atoms with Gasteiger partial charge in [0.1, 0.15) is 12.1 Å². The molecule has 4 rings (SSSR count). The fourth-order valence-corrected chi connectivity index (χ4v) is 3.51. The highest BCUT2D eigenvalue weighted by Gasteiger charge is 2.35. The van der Waals surface area contributed by atoms with Gasteiger partial charge in [0.05, 0.1) is 5.56 Å². The number of carbonyl (C=O) groups excluding carboxylic acids is 1. The van der Waals surface area contributed by atoms with Crippen LogP contribution in [0.1, 0.15) is 40.2 Å². The maximum atomic E-state index is 12.7. The molecule has 0 fully saturated rings. The van der Waals surface area contributed by atoms with Crippen LogP contribution in [0.4, 0.5) is 5.69 Å². The lowest BCUT2D eigenvalue weighted by Gasteiger charge is -2.28. The zero-order valence-corrected chi connectivity index (χ0v) is 20.5. The smallest absolute Gasteiger partial charge is 0.338 e. The van der Waals surface area contributed by atoms with Crippen LogP contribution in [0, 0.1) is 6.92 Å². The van der Waals surface area contributed by atoms with Crippen LogP contribution in [0.2, 0.25) is 0 Å². The van der Waals surface area contributed by atoms with Gasteiger partial charge in [-0.25, -0.2) is 4.79 Å². The standard InChI is InChI=1S/C27H24BrN3O3/c1-19-8-15-23(16-9-19)29-27(2,18-33-25(32)21-11-13-22(28)14-12-21)26-31-30-24(34-26)17-10-20-6-4-3-5-7-20/h3-17,29H,18H2,1-2H3/b17-10+. The lowest BCUT2D eigenvalue weighted by Crippen LogP contribution is -2.38. The van der Waals surface area contributed by atoms with Crippen molar-refractivity contribution in [1.29, 1.82) is 0 Å². The molecule has 0 radical (unpaired) electrons. The first-order chi connectivity index (χ1) is 16.4. The van der Waals surface area contributed by atoms with Crippen molar-refractivity contribution in [2.45, 2.75) is 19.4 Å². The number of aromatic nitrogens is 2. The second kappa shape index (κ2) is 10.5. The van der Waals surface area contributed by atoms with Gasteiger partial charge in [-0.15, -0.1) is 10.2 Å². The molecule has 1 N–H and O–H groups in total. The number of esters is 1. The highest BCUT2D eigenvalue weighted by atomic mass is 79.9. The minimum atomic E-state index is -0.952. The average Bonchev–Trinajstić information content (AvgIpc) is 3.34. The Kier molecular flexibility index (Phi) is 7.23. The van der Waals surface area contributed by atoms with Crippen LogP contribution in [0.5, 0.6) is 0 Å². The molecule has 0 saturated heterocycles. The maximum absolute atomic E-state index is 12.7. The van der Waals surface area contributed by atoms with E-state index in [1.165, 1.54) is 0 Å². The van der Waals surface area contributed by atoms with Crippen molar-refractivity contribution >= 4 is 39.7 Å². The SMILES string of the molecule is Cc1ccc(NC(C)(COC(=O)c2ccc(Br)cc2)c2nnc(/C=C/c3ccccc3)o2)cc1. The van der Waals surface area contributed by atoms with E-state index in [1.54, 1.807) is 30.3 Å². The number of anilines is 1. The quantitative estimate of drug-likeness (QED) is 0.269. The lowest BCUT2D eigenvalue weighted by molar-refractivity contribution is 0.0414. The van der Waals surface area contributed by atoms with Crippen molar-refractivity contribution in [2.24, 2.45) is 0 Å². The third kappa shape index (κ3) is 5.99. The third-order valence-corrected chi connectivity index (χ3v) is 5.70. The molecule has 0 spiro atoms. The van der Waals surface area contributed by atoms with E-state index in [0.717, 1.165) is 21.3 Å². The van der Waals surface area contributed by atoms with Crippen molar-refractivity contribution in [3.05, 3.63) is 112 Å². The van der Waals surface area contributed by atoms with Gasteiger partial charge in [-0.1, -0.05) is 64.0 Å². The summed E-state index contributed by atoms with van der Waals surface area (Å²) in [5, 5.41) is 11.8. The number of hydrogen-bond acceptors (Lipinski definition) is 6. The molecule has 1 aromatic heterocycles. The van der Waals surface area contributed by atoms with Gasteiger partial charge in [0.15, 0.2) is 0 Å². The number of hydrogen-bond donors (Lipinski definition) is 1. The molecule has 4 aromatic rings. The molecule has 0 bridgehead atoms. The number of nitrogens with one attached hydrogen (secondary N) is 1. The van der Waals surface area contributed by atoms with Crippen molar-refractivity contribution < 1.29 is 13.9 Å². The van der Waals surface area contributed by atoms with Crippen LogP contribution in [0.3, 0.4) is 0 Å². The summed E-state index contributed by atoms with van der Waals surface area (Å²) in [7, 11) is 0. The van der Waals surface area contributed by atoms with Gasteiger partial charge in [-0.05, 0) is 61.9 Å². The van der Waals surface area contributed by atoms with Gasteiger partial charge in [-0.2, -0.15) is 0 Å². The Bertz CT molecular complexity index is 1270. The summed E-state index contributed by atoms with van der Waals surface area (Å²) in [6.07, 6.45) is 3.65. The number of halogens is 1. The molecular weight excluding hydrogens is 494 g/mol. The third-order valence-electron chi connectivity index (χ3n) is 5.17. The van der Waals surface area contributed by atoms with Gasteiger partial charge >= 0.3 is 5.97 Å². The van der Waals surface area contributed by atoms with Gasteiger partial charge in [0.2, 0.25) is 11.8 Å². The molecule has 1 heterocycles. The number of nitrogens with zero attached hydrogens (tertiary/aromatic N) is 2. The zero-order valence-electron chi connectivity index (χ0n) is 18.9. The Hall–Kier alpha value is -3.71. The van der Waals surface area contributed by atoms with E-state index in [4.69, 9.17) is 9.15 Å². The molecule has 3 aromatic carbocycles. The van der Waals surface area contributed by atoms with Gasteiger partial charge in [-0.3, -0.25) is 0 Å². The van der Waals surface area contributed by atoms with Crippen LogP contribution >= 0.6 is 15.9 Å². The number of ether oxygens (including phenoxy) is 1. The number of aryl methyl sites for hydroxylation is 1. The number of benzene rings is 3. The van der Waals surface area contributed by atoms with Crippen molar-refractivity contribution in [3.63, 3.8) is 0 Å². The van der Waals surface area contributed by atoms with E-state index >= 15 is 0 Å². The molecule has 0 aliphatic rings. The monoisotopic (exact) mass is 517 g/mol. The van der Waals surface area contributed by atoms with Crippen LogP contribution in [0.25, 0.3) is 12.2 Å². The summed E-state index contributed by atoms with van der Waals surface area (Å²) in [6.45, 7) is 3.87. The highest BCUT2D eigenvalue weighted by Crippen LogP contribution is 2.27. The molecule has 0 saturated carbocycles. The van der Waals surface area contributed by atoms with Crippen molar-refractivity contribution in [2.75, 3.05) is 11.9 Å². The van der Waals surface area contributed by atoms with Crippen LogP contribution < -0.4 is 5.32 Å². The summed E-state index contributed by atoms with van der Waals surface area (Å²) in [5.41, 5.74) is 2.50. The molecule has 7 heteroatoms. The number of carbonyl (C=O) groups is 1. The maximum Gasteiger partial charge on any atom is 0.338 e. The molecule has 0 amide bonds. The molecular formula is C27H24BrN3O3. The van der Waals surface area contributed by atoms with Crippen LogP contribution in [-0.2, 0) is 10.3 Å². The first-order valence-electron chi connectivity index (χ1n) is 10.8. The van der Waals surface area contributed by atoms with Crippen molar-refractivity contribution in [1.82, 2.24) is 10.2 Å². The molecule has 0 aliphatic carbocycles. The first kappa shape index (κ1) is 23.4.